The standard InChI is InChI=1S/C14H15NO/c1-10-2-5-13(15-9-10)12-4-3-11-6-7-16-14(11)8-12/h3-4,6-8,10H,2,5,9H2,1H3. The minimum Gasteiger partial charge on any atom is -0.464 e. The molecule has 2 heterocycles. The Hall–Kier alpha value is -1.57. The molecule has 16 heavy (non-hydrogen) atoms. The van der Waals surface area contributed by atoms with Crippen LogP contribution in [0.15, 0.2) is 39.9 Å². The van der Waals surface area contributed by atoms with Crippen molar-refractivity contribution in [2.75, 3.05) is 6.54 Å². The summed E-state index contributed by atoms with van der Waals surface area (Å²) in [4.78, 5) is 4.65. The van der Waals surface area contributed by atoms with Gasteiger partial charge in [-0.1, -0.05) is 19.1 Å². The van der Waals surface area contributed by atoms with Gasteiger partial charge in [-0.15, -0.1) is 0 Å². The topological polar surface area (TPSA) is 25.5 Å². The Morgan fingerprint density at radius 1 is 1.31 bits per heavy atom. The average molecular weight is 213 g/mol. The predicted octanol–water partition coefficient (Wildman–Crippen LogP) is 3.65. The van der Waals surface area contributed by atoms with Gasteiger partial charge in [0.15, 0.2) is 0 Å². The van der Waals surface area contributed by atoms with Gasteiger partial charge >= 0.3 is 0 Å². The van der Waals surface area contributed by atoms with E-state index < -0.39 is 0 Å². The Labute approximate surface area is 95.0 Å². The second kappa shape index (κ2) is 3.78. The van der Waals surface area contributed by atoms with E-state index in [1.807, 2.05) is 6.07 Å². The number of nitrogens with zero attached hydrogens (tertiary/aromatic N) is 1. The summed E-state index contributed by atoms with van der Waals surface area (Å²) < 4.78 is 5.42. The van der Waals surface area contributed by atoms with Gasteiger partial charge in [0.1, 0.15) is 5.58 Å². The Morgan fingerprint density at radius 3 is 3.06 bits per heavy atom. The van der Waals surface area contributed by atoms with Crippen LogP contribution in [-0.2, 0) is 0 Å². The average Bonchev–Trinajstić information content (AvgIpc) is 2.77. The first-order valence-corrected chi connectivity index (χ1v) is 5.84. The molecular formula is C14H15NO. The van der Waals surface area contributed by atoms with Gasteiger partial charge in [0, 0.05) is 17.6 Å². The lowest BCUT2D eigenvalue weighted by atomic mass is 9.95. The molecule has 2 aromatic rings. The van der Waals surface area contributed by atoms with Crippen LogP contribution in [0, 0.1) is 5.92 Å². The van der Waals surface area contributed by atoms with E-state index in [4.69, 9.17) is 4.42 Å². The fourth-order valence-corrected chi connectivity index (χ4v) is 2.19. The van der Waals surface area contributed by atoms with E-state index in [1.54, 1.807) is 6.26 Å². The van der Waals surface area contributed by atoms with Gasteiger partial charge in [0.2, 0.25) is 0 Å². The fraction of sp³-hybridized carbons (Fsp3) is 0.357. The lowest BCUT2D eigenvalue weighted by Crippen LogP contribution is -2.14. The second-order valence-electron chi connectivity index (χ2n) is 4.60. The molecule has 0 bridgehead atoms. The zero-order chi connectivity index (χ0) is 11.0. The Balaban J connectivity index is 1.99. The van der Waals surface area contributed by atoms with E-state index in [0.29, 0.717) is 0 Å². The maximum absolute atomic E-state index is 5.42. The van der Waals surface area contributed by atoms with Crippen molar-refractivity contribution < 1.29 is 4.42 Å². The molecular weight excluding hydrogens is 198 g/mol. The molecule has 1 aromatic heterocycles. The number of fused-ring (bicyclic) bond motifs is 1. The van der Waals surface area contributed by atoms with E-state index in [2.05, 4.69) is 30.1 Å². The lowest BCUT2D eigenvalue weighted by molar-refractivity contribution is 0.538. The minimum atomic E-state index is 0.732. The van der Waals surface area contributed by atoms with Gasteiger partial charge in [0.25, 0.3) is 0 Å². The van der Waals surface area contributed by atoms with Crippen molar-refractivity contribution >= 4 is 16.7 Å². The van der Waals surface area contributed by atoms with E-state index in [1.165, 1.54) is 17.7 Å². The van der Waals surface area contributed by atoms with Crippen molar-refractivity contribution in [3.05, 3.63) is 36.1 Å². The molecule has 0 aliphatic carbocycles. The number of hydrogen-bond acceptors (Lipinski definition) is 2. The zero-order valence-electron chi connectivity index (χ0n) is 9.44. The summed E-state index contributed by atoms with van der Waals surface area (Å²) >= 11 is 0. The van der Waals surface area contributed by atoms with E-state index in [0.717, 1.165) is 29.9 Å². The number of benzene rings is 1. The number of hydrogen-bond donors (Lipinski definition) is 0. The van der Waals surface area contributed by atoms with Gasteiger partial charge in [-0.05, 0) is 36.5 Å². The van der Waals surface area contributed by atoms with Gasteiger partial charge in [0.05, 0.1) is 6.26 Å². The molecule has 3 rings (SSSR count). The first-order chi connectivity index (χ1) is 7.83. The lowest BCUT2D eigenvalue weighted by Gasteiger charge is -2.17. The first-order valence-electron chi connectivity index (χ1n) is 5.84. The summed E-state index contributed by atoms with van der Waals surface area (Å²) in [6.45, 7) is 3.22. The van der Waals surface area contributed by atoms with E-state index >= 15 is 0 Å². The normalized spacial score (nSPS) is 21.1. The van der Waals surface area contributed by atoms with Crippen LogP contribution in [0.3, 0.4) is 0 Å². The third-order valence-corrected chi connectivity index (χ3v) is 3.26. The molecule has 1 aliphatic heterocycles. The molecule has 1 atom stereocenters. The third-order valence-electron chi connectivity index (χ3n) is 3.26. The van der Waals surface area contributed by atoms with Crippen molar-refractivity contribution in [2.24, 2.45) is 10.9 Å². The van der Waals surface area contributed by atoms with Gasteiger partial charge in [-0.2, -0.15) is 0 Å². The minimum absolute atomic E-state index is 0.732. The number of furan rings is 1. The predicted molar refractivity (Wildman–Crippen MR) is 66.0 cm³/mol. The van der Waals surface area contributed by atoms with Gasteiger partial charge in [-0.3, -0.25) is 4.99 Å². The van der Waals surface area contributed by atoms with Crippen molar-refractivity contribution in [2.45, 2.75) is 19.8 Å². The summed E-state index contributed by atoms with van der Waals surface area (Å²) in [6.07, 6.45) is 4.07. The molecule has 0 saturated carbocycles. The summed E-state index contributed by atoms with van der Waals surface area (Å²) in [5, 5.41) is 1.16. The summed E-state index contributed by atoms with van der Waals surface area (Å²) in [7, 11) is 0. The molecule has 2 heteroatoms. The van der Waals surface area contributed by atoms with E-state index in [-0.39, 0.29) is 0 Å². The monoisotopic (exact) mass is 213 g/mol. The SMILES string of the molecule is CC1CCC(c2ccc3ccoc3c2)=NC1. The third kappa shape index (κ3) is 1.64. The van der Waals surface area contributed by atoms with E-state index in [9.17, 15) is 0 Å². The summed E-state index contributed by atoms with van der Waals surface area (Å²) in [5.41, 5.74) is 3.41. The molecule has 0 fully saturated rings. The van der Waals surface area contributed by atoms with Crippen LogP contribution in [0.5, 0.6) is 0 Å². The van der Waals surface area contributed by atoms with Crippen molar-refractivity contribution in [3.63, 3.8) is 0 Å². The Morgan fingerprint density at radius 2 is 2.25 bits per heavy atom. The van der Waals surface area contributed by atoms with Crippen molar-refractivity contribution in [3.8, 4) is 0 Å². The molecule has 1 aliphatic rings. The molecule has 1 aromatic carbocycles. The van der Waals surface area contributed by atoms with Crippen LogP contribution in [-0.4, -0.2) is 12.3 Å². The Bertz CT molecular complexity index is 538. The molecule has 1 unspecified atom stereocenters. The highest BCUT2D eigenvalue weighted by molar-refractivity contribution is 6.03. The second-order valence-corrected chi connectivity index (χ2v) is 4.60. The molecule has 2 nitrogen and oxygen atoms in total. The van der Waals surface area contributed by atoms with Crippen molar-refractivity contribution in [1.29, 1.82) is 0 Å². The van der Waals surface area contributed by atoms with Gasteiger partial charge < -0.3 is 4.42 Å². The molecule has 0 N–H and O–H groups in total. The molecule has 0 saturated heterocycles. The van der Waals surface area contributed by atoms with Crippen LogP contribution in [0.1, 0.15) is 25.3 Å². The molecule has 0 radical (unpaired) electrons. The highest BCUT2D eigenvalue weighted by Gasteiger charge is 2.13. The summed E-state index contributed by atoms with van der Waals surface area (Å²) in [5.74, 6) is 0.732. The molecule has 0 amide bonds. The molecule has 0 spiro atoms. The number of aliphatic imine (C=N–C) groups is 1. The van der Waals surface area contributed by atoms with Crippen LogP contribution in [0.4, 0.5) is 0 Å². The molecule has 82 valence electrons. The number of rotatable bonds is 1. The van der Waals surface area contributed by atoms with Crippen LogP contribution in [0.2, 0.25) is 0 Å². The Kier molecular flexibility index (Phi) is 2.28. The smallest absolute Gasteiger partial charge is 0.134 e. The maximum Gasteiger partial charge on any atom is 0.134 e. The van der Waals surface area contributed by atoms with Crippen LogP contribution in [0.25, 0.3) is 11.0 Å². The van der Waals surface area contributed by atoms with Crippen molar-refractivity contribution in [1.82, 2.24) is 0 Å². The largest absolute Gasteiger partial charge is 0.464 e. The van der Waals surface area contributed by atoms with Crippen LogP contribution < -0.4 is 0 Å². The van der Waals surface area contributed by atoms with Crippen LogP contribution >= 0.6 is 0 Å². The maximum atomic E-state index is 5.42. The summed E-state index contributed by atoms with van der Waals surface area (Å²) in [6, 6.07) is 8.34. The highest BCUT2D eigenvalue weighted by atomic mass is 16.3. The highest BCUT2D eigenvalue weighted by Crippen LogP contribution is 2.22. The zero-order valence-corrected chi connectivity index (χ0v) is 9.44. The fourth-order valence-electron chi connectivity index (χ4n) is 2.19. The first kappa shape index (κ1) is 9.64. The quantitative estimate of drug-likeness (QED) is 0.709. The van der Waals surface area contributed by atoms with Gasteiger partial charge in [-0.25, -0.2) is 0 Å².